The van der Waals surface area contributed by atoms with Crippen molar-refractivity contribution in [1.82, 2.24) is 0 Å². The molecule has 0 amide bonds. The van der Waals surface area contributed by atoms with Gasteiger partial charge in [-0.15, -0.1) is 0 Å². The van der Waals surface area contributed by atoms with Crippen LogP contribution in [-0.4, -0.2) is 17.4 Å². The van der Waals surface area contributed by atoms with E-state index in [1.54, 1.807) is 0 Å². The monoisotopic (exact) mass is 246 g/mol. The highest BCUT2D eigenvalue weighted by molar-refractivity contribution is 5.70. The highest BCUT2D eigenvalue weighted by Gasteiger charge is 2.27. The zero-order valence-corrected chi connectivity index (χ0v) is 10.3. The first-order chi connectivity index (χ1) is 8.72. The topological polar surface area (TPSA) is 54.4 Å². The number of benzene rings is 1. The summed E-state index contributed by atoms with van der Waals surface area (Å²) in [5, 5.41) is 8.99. The Morgan fingerprint density at radius 2 is 1.89 bits per heavy atom. The number of rotatable bonds is 4. The van der Waals surface area contributed by atoms with Gasteiger partial charge < -0.3 is 9.90 Å². The van der Waals surface area contributed by atoms with Crippen molar-refractivity contribution < 1.29 is 14.7 Å². The summed E-state index contributed by atoms with van der Waals surface area (Å²) >= 11 is 0. The second-order valence-corrected chi connectivity index (χ2v) is 4.96. The fourth-order valence-electron chi connectivity index (χ4n) is 2.86. The zero-order chi connectivity index (χ0) is 13.0. The predicted molar refractivity (Wildman–Crippen MR) is 68.5 cm³/mol. The molecule has 0 saturated heterocycles. The van der Waals surface area contributed by atoms with Gasteiger partial charge in [-0.2, -0.15) is 0 Å². The van der Waals surface area contributed by atoms with Crippen molar-refractivity contribution in [2.75, 3.05) is 0 Å². The average molecular weight is 246 g/mol. The summed E-state index contributed by atoms with van der Waals surface area (Å²) in [6.45, 7) is 0. The number of aldehydes is 1. The number of hydrogen-bond donors (Lipinski definition) is 1. The van der Waals surface area contributed by atoms with Gasteiger partial charge >= 0.3 is 5.97 Å². The average Bonchev–Trinajstić information content (AvgIpc) is 2.40. The van der Waals surface area contributed by atoms with E-state index in [1.165, 1.54) is 5.56 Å². The van der Waals surface area contributed by atoms with Crippen molar-refractivity contribution in [1.29, 1.82) is 0 Å². The summed E-state index contributed by atoms with van der Waals surface area (Å²) in [4.78, 5) is 21.6. The zero-order valence-electron chi connectivity index (χ0n) is 10.3. The SMILES string of the molecule is O=CCc1ccccc1C1CCC(C(=O)O)CC1. The molecule has 1 aliphatic carbocycles. The molecule has 1 saturated carbocycles. The lowest BCUT2D eigenvalue weighted by atomic mass is 9.77. The number of carbonyl (C=O) groups is 2. The summed E-state index contributed by atoms with van der Waals surface area (Å²) < 4.78 is 0. The number of aliphatic carboxylic acids is 1. The Bertz CT molecular complexity index is 431. The summed E-state index contributed by atoms with van der Waals surface area (Å²) in [5.74, 6) is -0.439. The van der Waals surface area contributed by atoms with Gasteiger partial charge in [-0.3, -0.25) is 4.79 Å². The fourth-order valence-corrected chi connectivity index (χ4v) is 2.86. The Labute approximate surface area is 107 Å². The van der Waals surface area contributed by atoms with Crippen molar-refractivity contribution in [2.45, 2.75) is 38.0 Å². The molecule has 0 aromatic heterocycles. The molecular formula is C15H18O3. The standard InChI is InChI=1S/C15H18O3/c16-10-9-11-3-1-2-4-14(11)12-5-7-13(8-6-12)15(17)18/h1-4,10,12-13H,5-9H2,(H,17,18). The molecule has 1 aromatic carbocycles. The van der Waals surface area contributed by atoms with Gasteiger partial charge in [-0.05, 0) is 42.7 Å². The van der Waals surface area contributed by atoms with E-state index < -0.39 is 5.97 Å². The molecule has 18 heavy (non-hydrogen) atoms. The Hall–Kier alpha value is -1.64. The first kappa shape index (κ1) is 12.8. The lowest BCUT2D eigenvalue weighted by molar-refractivity contribution is -0.142. The molecule has 3 heteroatoms. The molecule has 1 aromatic rings. The Kier molecular flexibility index (Phi) is 4.13. The Morgan fingerprint density at radius 3 is 2.50 bits per heavy atom. The molecule has 0 spiro atoms. The molecule has 0 aliphatic heterocycles. The number of carboxylic acid groups (broad SMARTS) is 1. The van der Waals surface area contributed by atoms with Crippen LogP contribution >= 0.6 is 0 Å². The van der Waals surface area contributed by atoms with Gasteiger partial charge in [0.05, 0.1) is 5.92 Å². The largest absolute Gasteiger partial charge is 0.481 e. The predicted octanol–water partition coefficient (Wildman–Crippen LogP) is 2.79. The second-order valence-electron chi connectivity index (χ2n) is 4.96. The van der Waals surface area contributed by atoms with E-state index >= 15 is 0 Å². The minimum atomic E-state index is -0.672. The maximum atomic E-state index is 10.9. The summed E-state index contributed by atoms with van der Waals surface area (Å²) in [7, 11) is 0. The number of carboxylic acids is 1. The number of carbonyl (C=O) groups excluding carboxylic acids is 1. The second kappa shape index (κ2) is 5.80. The van der Waals surface area contributed by atoms with Crippen molar-refractivity contribution in [3.8, 4) is 0 Å². The van der Waals surface area contributed by atoms with Gasteiger partial charge in [-0.1, -0.05) is 24.3 Å². The minimum Gasteiger partial charge on any atom is -0.481 e. The first-order valence-corrected chi connectivity index (χ1v) is 6.46. The molecular weight excluding hydrogens is 228 g/mol. The van der Waals surface area contributed by atoms with Crippen LogP contribution < -0.4 is 0 Å². The molecule has 3 nitrogen and oxygen atoms in total. The fraction of sp³-hybridized carbons (Fsp3) is 0.467. The molecule has 1 aliphatic rings. The number of hydrogen-bond acceptors (Lipinski definition) is 2. The summed E-state index contributed by atoms with van der Waals surface area (Å²) in [6, 6.07) is 8.01. The van der Waals surface area contributed by atoms with E-state index in [0.29, 0.717) is 12.3 Å². The van der Waals surface area contributed by atoms with Crippen LogP contribution in [0.4, 0.5) is 0 Å². The van der Waals surface area contributed by atoms with Crippen molar-refractivity contribution >= 4 is 12.3 Å². The summed E-state index contributed by atoms with van der Waals surface area (Å²) in [5.41, 5.74) is 2.32. The van der Waals surface area contributed by atoms with E-state index in [9.17, 15) is 9.59 Å². The lowest BCUT2D eigenvalue weighted by Crippen LogP contribution is -2.21. The molecule has 96 valence electrons. The molecule has 0 unspecified atom stereocenters. The van der Waals surface area contributed by atoms with Gasteiger partial charge in [-0.25, -0.2) is 0 Å². The maximum absolute atomic E-state index is 10.9. The first-order valence-electron chi connectivity index (χ1n) is 6.46. The van der Waals surface area contributed by atoms with Crippen LogP contribution in [0.1, 0.15) is 42.7 Å². The van der Waals surface area contributed by atoms with Gasteiger partial charge in [0.25, 0.3) is 0 Å². The van der Waals surface area contributed by atoms with Crippen LogP contribution in [0.2, 0.25) is 0 Å². The van der Waals surface area contributed by atoms with Gasteiger partial charge in [0, 0.05) is 6.42 Å². The van der Waals surface area contributed by atoms with Crippen molar-refractivity contribution in [3.63, 3.8) is 0 Å². The molecule has 2 rings (SSSR count). The van der Waals surface area contributed by atoms with E-state index in [0.717, 1.165) is 37.5 Å². The highest BCUT2D eigenvalue weighted by Crippen LogP contribution is 2.37. The lowest BCUT2D eigenvalue weighted by Gasteiger charge is -2.27. The van der Waals surface area contributed by atoms with E-state index in [4.69, 9.17) is 5.11 Å². The third kappa shape index (κ3) is 2.78. The van der Waals surface area contributed by atoms with Crippen LogP contribution in [0.3, 0.4) is 0 Å². The molecule has 0 bridgehead atoms. The Morgan fingerprint density at radius 1 is 1.22 bits per heavy atom. The molecule has 0 heterocycles. The quantitative estimate of drug-likeness (QED) is 0.831. The van der Waals surface area contributed by atoms with Crippen molar-refractivity contribution in [2.24, 2.45) is 5.92 Å². The molecule has 0 atom stereocenters. The van der Waals surface area contributed by atoms with Crippen LogP contribution in [0.15, 0.2) is 24.3 Å². The Balaban J connectivity index is 2.09. The van der Waals surface area contributed by atoms with E-state index in [1.807, 2.05) is 18.2 Å². The van der Waals surface area contributed by atoms with E-state index in [-0.39, 0.29) is 5.92 Å². The van der Waals surface area contributed by atoms with Crippen LogP contribution in [0.25, 0.3) is 0 Å². The smallest absolute Gasteiger partial charge is 0.306 e. The normalized spacial score (nSPS) is 23.6. The molecule has 1 N–H and O–H groups in total. The minimum absolute atomic E-state index is 0.181. The van der Waals surface area contributed by atoms with Gasteiger partial charge in [0.2, 0.25) is 0 Å². The van der Waals surface area contributed by atoms with Crippen LogP contribution in [-0.2, 0) is 16.0 Å². The van der Waals surface area contributed by atoms with Crippen LogP contribution in [0.5, 0.6) is 0 Å². The van der Waals surface area contributed by atoms with Crippen LogP contribution in [0, 0.1) is 5.92 Å². The molecule has 1 fully saturated rings. The van der Waals surface area contributed by atoms with E-state index in [2.05, 4.69) is 6.07 Å². The van der Waals surface area contributed by atoms with Gasteiger partial charge in [0.1, 0.15) is 6.29 Å². The van der Waals surface area contributed by atoms with Crippen molar-refractivity contribution in [3.05, 3.63) is 35.4 Å². The maximum Gasteiger partial charge on any atom is 0.306 e. The third-order valence-corrected chi connectivity index (χ3v) is 3.87. The summed E-state index contributed by atoms with van der Waals surface area (Å²) in [6.07, 6.45) is 4.70. The van der Waals surface area contributed by atoms with Gasteiger partial charge in [0.15, 0.2) is 0 Å². The third-order valence-electron chi connectivity index (χ3n) is 3.87. The highest BCUT2D eigenvalue weighted by atomic mass is 16.4. The molecule has 0 radical (unpaired) electrons.